The molecule has 0 bridgehead atoms. The summed E-state index contributed by atoms with van der Waals surface area (Å²) in [6.07, 6.45) is 1.84. The Morgan fingerprint density at radius 2 is 2.00 bits per heavy atom. The Morgan fingerprint density at radius 3 is 2.65 bits per heavy atom. The van der Waals surface area contributed by atoms with Gasteiger partial charge in [0.2, 0.25) is 0 Å². The van der Waals surface area contributed by atoms with Crippen molar-refractivity contribution in [2.45, 2.75) is 6.42 Å². The Balaban J connectivity index is 2.51. The lowest BCUT2D eigenvalue weighted by atomic mass is 10.0. The molecule has 0 aliphatic rings. The number of hydrogen-bond donors (Lipinski definition) is 0. The Bertz CT molecular complexity index is 573. The highest BCUT2D eigenvalue weighted by Crippen LogP contribution is 2.25. The first-order valence-corrected chi connectivity index (χ1v) is 5.36. The molecule has 2 nitrogen and oxygen atoms in total. The van der Waals surface area contributed by atoms with Crippen LogP contribution in [0.5, 0.6) is 0 Å². The highest BCUT2D eigenvalue weighted by Gasteiger charge is 2.06. The molecule has 0 aliphatic carbocycles. The molecule has 2 aromatic rings. The Morgan fingerprint density at radius 1 is 1.29 bits per heavy atom. The van der Waals surface area contributed by atoms with Gasteiger partial charge in [-0.3, -0.25) is 0 Å². The number of pyridine rings is 1. The number of benzene rings is 1. The van der Waals surface area contributed by atoms with Crippen molar-refractivity contribution in [2.24, 2.45) is 0 Å². The minimum absolute atomic E-state index is 0.245. The van der Waals surface area contributed by atoms with E-state index in [1.54, 1.807) is 24.4 Å². The van der Waals surface area contributed by atoms with Gasteiger partial charge in [0.25, 0.3) is 0 Å². The van der Waals surface area contributed by atoms with Crippen LogP contribution in [0, 0.1) is 17.1 Å². The molecule has 1 aromatic carbocycles. The zero-order valence-electron chi connectivity index (χ0n) is 8.82. The third kappa shape index (κ3) is 2.61. The predicted molar refractivity (Wildman–Crippen MR) is 64.0 cm³/mol. The fourth-order valence-corrected chi connectivity index (χ4v) is 1.77. The molecule has 1 aromatic heterocycles. The van der Waals surface area contributed by atoms with Crippen LogP contribution in [0.4, 0.5) is 4.39 Å². The highest BCUT2D eigenvalue weighted by molar-refractivity contribution is 6.29. The van der Waals surface area contributed by atoms with Crippen molar-refractivity contribution < 1.29 is 4.39 Å². The van der Waals surface area contributed by atoms with Gasteiger partial charge in [0.1, 0.15) is 11.0 Å². The Hall–Kier alpha value is -1.92. The van der Waals surface area contributed by atoms with Crippen molar-refractivity contribution in [3.05, 3.63) is 53.1 Å². The van der Waals surface area contributed by atoms with Gasteiger partial charge in [-0.05, 0) is 29.3 Å². The largest absolute Gasteiger partial charge is 0.244 e. The monoisotopic (exact) mass is 246 g/mol. The van der Waals surface area contributed by atoms with Crippen LogP contribution >= 0.6 is 11.6 Å². The van der Waals surface area contributed by atoms with Gasteiger partial charge in [0, 0.05) is 11.8 Å². The zero-order chi connectivity index (χ0) is 12.3. The van der Waals surface area contributed by atoms with E-state index in [-0.39, 0.29) is 12.2 Å². The first-order valence-electron chi connectivity index (χ1n) is 4.98. The number of nitrogens with zero attached hydrogens (tertiary/aromatic N) is 2. The quantitative estimate of drug-likeness (QED) is 0.759. The molecular weight excluding hydrogens is 239 g/mol. The molecule has 0 N–H and O–H groups in total. The average Bonchev–Trinajstić information content (AvgIpc) is 2.31. The smallest absolute Gasteiger partial charge is 0.129 e. The molecule has 1 heterocycles. The lowest BCUT2D eigenvalue weighted by molar-refractivity contribution is 0.628. The topological polar surface area (TPSA) is 36.7 Å². The van der Waals surface area contributed by atoms with E-state index < -0.39 is 0 Å². The maximum absolute atomic E-state index is 12.8. The minimum Gasteiger partial charge on any atom is -0.244 e. The lowest BCUT2D eigenvalue weighted by Gasteiger charge is -2.06. The summed E-state index contributed by atoms with van der Waals surface area (Å²) in [7, 11) is 0. The molecule has 0 unspecified atom stereocenters. The summed E-state index contributed by atoms with van der Waals surface area (Å²) >= 11 is 5.78. The molecule has 0 radical (unpaired) electrons. The second-order valence-corrected chi connectivity index (χ2v) is 3.89. The first-order chi connectivity index (χ1) is 8.20. The molecule has 84 valence electrons. The van der Waals surface area contributed by atoms with E-state index in [0.29, 0.717) is 5.15 Å². The Kier molecular flexibility index (Phi) is 3.36. The van der Waals surface area contributed by atoms with Gasteiger partial charge in [-0.1, -0.05) is 23.7 Å². The summed E-state index contributed by atoms with van der Waals surface area (Å²) in [6.45, 7) is 0. The van der Waals surface area contributed by atoms with E-state index >= 15 is 0 Å². The maximum Gasteiger partial charge on any atom is 0.129 e. The Labute approximate surface area is 103 Å². The van der Waals surface area contributed by atoms with Crippen LogP contribution in [-0.2, 0) is 6.42 Å². The van der Waals surface area contributed by atoms with Gasteiger partial charge < -0.3 is 0 Å². The summed E-state index contributed by atoms with van der Waals surface area (Å²) in [5, 5.41) is 9.10. The van der Waals surface area contributed by atoms with Crippen LogP contribution in [-0.4, -0.2) is 4.98 Å². The van der Waals surface area contributed by atoms with Crippen molar-refractivity contribution in [3.8, 4) is 17.2 Å². The average molecular weight is 247 g/mol. The van der Waals surface area contributed by atoms with Gasteiger partial charge >= 0.3 is 0 Å². The second-order valence-electron chi connectivity index (χ2n) is 3.51. The number of halogens is 2. The van der Waals surface area contributed by atoms with Crippen molar-refractivity contribution >= 4 is 11.6 Å². The van der Waals surface area contributed by atoms with E-state index in [2.05, 4.69) is 11.1 Å². The maximum atomic E-state index is 12.8. The second kappa shape index (κ2) is 4.94. The molecule has 0 fully saturated rings. The third-order valence-corrected chi connectivity index (χ3v) is 2.59. The van der Waals surface area contributed by atoms with Gasteiger partial charge in [-0.25, -0.2) is 9.37 Å². The van der Waals surface area contributed by atoms with Gasteiger partial charge in [0.05, 0.1) is 12.5 Å². The summed E-state index contributed by atoms with van der Waals surface area (Å²) in [4.78, 5) is 3.98. The predicted octanol–water partition coefficient (Wildman–Crippen LogP) is 3.61. The molecule has 4 heteroatoms. The SMILES string of the molecule is N#CCc1cc(Cl)ncc1-c1ccc(F)cc1. The van der Waals surface area contributed by atoms with Gasteiger partial charge in [-0.15, -0.1) is 0 Å². The standard InChI is InChI=1S/C13H8ClFN2/c14-13-7-10(5-6-16)12(8-17-13)9-1-3-11(15)4-2-9/h1-4,7-8H,5H2. The molecule has 0 spiro atoms. The number of hydrogen-bond acceptors (Lipinski definition) is 2. The fourth-order valence-electron chi connectivity index (χ4n) is 1.59. The molecule has 17 heavy (non-hydrogen) atoms. The van der Waals surface area contributed by atoms with Crippen molar-refractivity contribution in [2.75, 3.05) is 0 Å². The van der Waals surface area contributed by atoms with Crippen LogP contribution in [0.3, 0.4) is 0 Å². The van der Waals surface area contributed by atoms with Crippen LogP contribution < -0.4 is 0 Å². The molecule has 2 rings (SSSR count). The highest BCUT2D eigenvalue weighted by atomic mass is 35.5. The minimum atomic E-state index is -0.294. The van der Waals surface area contributed by atoms with E-state index in [1.807, 2.05) is 0 Å². The van der Waals surface area contributed by atoms with E-state index in [0.717, 1.165) is 16.7 Å². The summed E-state index contributed by atoms with van der Waals surface area (Å²) < 4.78 is 12.8. The first kappa shape index (κ1) is 11.6. The molecular formula is C13H8ClFN2. The molecule has 0 aliphatic heterocycles. The third-order valence-electron chi connectivity index (χ3n) is 2.38. The normalized spacial score (nSPS) is 9.94. The number of rotatable bonds is 2. The van der Waals surface area contributed by atoms with Crippen molar-refractivity contribution in [3.63, 3.8) is 0 Å². The van der Waals surface area contributed by atoms with E-state index in [4.69, 9.17) is 16.9 Å². The molecule has 0 saturated carbocycles. The van der Waals surface area contributed by atoms with Crippen molar-refractivity contribution in [1.29, 1.82) is 5.26 Å². The molecule has 0 saturated heterocycles. The zero-order valence-corrected chi connectivity index (χ0v) is 9.58. The van der Waals surface area contributed by atoms with Gasteiger partial charge in [0.15, 0.2) is 0 Å². The summed E-state index contributed by atoms with van der Waals surface area (Å²) in [5.41, 5.74) is 2.41. The van der Waals surface area contributed by atoms with Crippen LogP contribution in [0.2, 0.25) is 5.15 Å². The summed E-state index contributed by atoms with van der Waals surface area (Å²) in [6, 6.07) is 9.79. The molecule has 0 amide bonds. The van der Waals surface area contributed by atoms with Crippen LogP contribution in [0.15, 0.2) is 36.5 Å². The van der Waals surface area contributed by atoms with Crippen molar-refractivity contribution in [1.82, 2.24) is 4.98 Å². The van der Waals surface area contributed by atoms with Crippen LogP contribution in [0.25, 0.3) is 11.1 Å². The van der Waals surface area contributed by atoms with E-state index in [9.17, 15) is 4.39 Å². The van der Waals surface area contributed by atoms with E-state index in [1.165, 1.54) is 12.1 Å². The fraction of sp³-hybridized carbons (Fsp3) is 0.0769. The van der Waals surface area contributed by atoms with Gasteiger partial charge in [-0.2, -0.15) is 5.26 Å². The summed E-state index contributed by atoms with van der Waals surface area (Å²) in [5.74, 6) is -0.294. The lowest BCUT2D eigenvalue weighted by Crippen LogP contribution is -1.91. The molecule has 0 atom stereocenters. The number of nitriles is 1. The van der Waals surface area contributed by atoms with Crippen LogP contribution in [0.1, 0.15) is 5.56 Å². The number of aromatic nitrogens is 1.